The first kappa shape index (κ1) is 14.7. The molecule has 0 bridgehead atoms. The van der Waals surface area contributed by atoms with Crippen LogP contribution in [0.1, 0.15) is 18.0 Å². The van der Waals surface area contributed by atoms with Crippen molar-refractivity contribution in [3.8, 4) is 0 Å². The minimum absolute atomic E-state index is 0.0909. The van der Waals surface area contributed by atoms with Gasteiger partial charge in [0.2, 0.25) is 5.91 Å². The molecule has 0 fully saturated rings. The van der Waals surface area contributed by atoms with Crippen molar-refractivity contribution < 1.29 is 4.79 Å². The van der Waals surface area contributed by atoms with Gasteiger partial charge in [-0.05, 0) is 19.7 Å². The lowest BCUT2D eigenvalue weighted by Crippen LogP contribution is -2.35. The predicted molar refractivity (Wildman–Crippen MR) is 74.2 cm³/mol. The number of nitrogens with two attached hydrogens (primary N) is 1. The minimum Gasteiger partial charge on any atom is -0.344 e. The molecule has 0 aliphatic carbocycles. The number of likely N-dealkylation sites (N-methyl/N-ethyl adjacent to an activating group) is 2. The molecule has 1 amide bonds. The fourth-order valence-corrected chi connectivity index (χ4v) is 1.64. The summed E-state index contributed by atoms with van der Waals surface area (Å²) in [6.07, 6.45) is 0.355. The monoisotopic (exact) mass is 249 g/mol. The van der Waals surface area contributed by atoms with Gasteiger partial charge in [-0.25, -0.2) is 0 Å². The van der Waals surface area contributed by atoms with E-state index in [4.69, 9.17) is 5.73 Å². The number of hydrogen-bond acceptors (Lipinski definition) is 3. The Kier molecular flexibility index (Phi) is 5.82. The molecule has 1 atom stereocenters. The normalized spacial score (nSPS) is 12.5. The molecule has 0 aromatic heterocycles. The van der Waals surface area contributed by atoms with Gasteiger partial charge in [-0.15, -0.1) is 0 Å². The Hall–Kier alpha value is -1.39. The van der Waals surface area contributed by atoms with Crippen LogP contribution in [0.5, 0.6) is 0 Å². The van der Waals surface area contributed by atoms with E-state index >= 15 is 0 Å². The molecule has 100 valence electrons. The molecule has 1 aromatic carbocycles. The zero-order chi connectivity index (χ0) is 13.5. The number of carbonyl (C=O) groups excluding carboxylic acids is 1. The molecule has 0 saturated carbocycles. The molecule has 18 heavy (non-hydrogen) atoms. The fraction of sp³-hybridized carbons (Fsp3) is 0.500. The Labute approximate surface area is 109 Å². The Morgan fingerprint density at radius 2 is 1.78 bits per heavy atom. The van der Waals surface area contributed by atoms with Gasteiger partial charge < -0.3 is 15.5 Å². The van der Waals surface area contributed by atoms with Gasteiger partial charge >= 0.3 is 0 Å². The highest BCUT2D eigenvalue weighted by atomic mass is 16.2. The van der Waals surface area contributed by atoms with E-state index in [0.717, 1.165) is 18.7 Å². The lowest BCUT2D eigenvalue weighted by Gasteiger charge is -2.21. The second-order valence-corrected chi connectivity index (χ2v) is 4.84. The first-order valence-corrected chi connectivity index (χ1v) is 6.20. The molecular weight excluding hydrogens is 226 g/mol. The van der Waals surface area contributed by atoms with E-state index in [2.05, 4.69) is 4.90 Å². The summed E-state index contributed by atoms with van der Waals surface area (Å²) < 4.78 is 0. The zero-order valence-electron chi connectivity index (χ0n) is 11.5. The quantitative estimate of drug-likeness (QED) is 0.821. The molecule has 0 heterocycles. The van der Waals surface area contributed by atoms with Crippen molar-refractivity contribution in [2.75, 3.05) is 34.2 Å². The molecule has 1 aromatic rings. The summed E-state index contributed by atoms with van der Waals surface area (Å²) in [6.45, 7) is 1.59. The molecule has 2 N–H and O–H groups in total. The Morgan fingerprint density at radius 1 is 1.17 bits per heavy atom. The van der Waals surface area contributed by atoms with E-state index in [-0.39, 0.29) is 11.9 Å². The first-order chi connectivity index (χ1) is 8.50. The van der Waals surface area contributed by atoms with Crippen molar-refractivity contribution >= 4 is 5.91 Å². The number of rotatable bonds is 6. The molecule has 4 nitrogen and oxygen atoms in total. The summed E-state index contributed by atoms with van der Waals surface area (Å²) in [5.41, 5.74) is 7.04. The van der Waals surface area contributed by atoms with Crippen LogP contribution in [-0.4, -0.2) is 49.9 Å². The van der Waals surface area contributed by atoms with Crippen LogP contribution in [0.2, 0.25) is 0 Å². The number of benzene rings is 1. The van der Waals surface area contributed by atoms with Crippen molar-refractivity contribution in [3.05, 3.63) is 35.9 Å². The van der Waals surface area contributed by atoms with Gasteiger partial charge in [0.25, 0.3) is 0 Å². The smallest absolute Gasteiger partial charge is 0.224 e. The van der Waals surface area contributed by atoms with E-state index in [0.29, 0.717) is 6.42 Å². The van der Waals surface area contributed by atoms with E-state index in [1.165, 1.54) is 0 Å². The second-order valence-electron chi connectivity index (χ2n) is 4.84. The van der Waals surface area contributed by atoms with Crippen molar-refractivity contribution in [1.29, 1.82) is 0 Å². The first-order valence-electron chi connectivity index (χ1n) is 6.20. The van der Waals surface area contributed by atoms with Crippen molar-refractivity contribution in [2.45, 2.75) is 12.5 Å². The molecule has 1 rings (SSSR count). The third-order valence-electron chi connectivity index (χ3n) is 2.93. The molecule has 4 heteroatoms. The highest BCUT2D eigenvalue weighted by Gasteiger charge is 2.14. The zero-order valence-corrected chi connectivity index (χ0v) is 11.5. The van der Waals surface area contributed by atoms with Crippen LogP contribution in [0, 0.1) is 0 Å². The van der Waals surface area contributed by atoms with Gasteiger partial charge in [0.1, 0.15) is 0 Å². The van der Waals surface area contributed by atoms with E-state index in [1.54, 1.807) is 4.90 Å². The van der Waals surface area contributed by atoms with Crippen LogP contribution < -0.4 is 5.73 Å². The van der Waals surface area contributed by atoms with E-state index in [9.17, 15) is 4.79 Å². The standard InChI is InChI=1S/C14H23N3O/c1-16(2)9-10-17(3)14(18)11-13(15)12-7-5-4-6-8-12/h4-8,13H,9-11,15H2,1-3H3. The topological polar surface area (TPSA) is 49.6 Å². The molecule has 0 aliphatic heterocycles. The SMILES string of the molecule is CN(C)CCN(C)C(=O)CC(N)c1ccccc1. The molecular formula is C14H23N3O. The number of carbonyl (C=O) groups is 1. The third kappa shape index (κ3) is 4.85. The van der Waals surface area contributed by atoms with Crippen molar-refractivity contribution in [2.24, 2.45) is 5.73 Å². The van der Waals surface area contributed by atoms with Crippen LogP contribution in [0.15, 0.2) is 30.3 Å². The van der Waals surface area contributed by atoms with Gasteiger partial charge in [0.05, 0.1) is 0 Å². The molecule has 0 radical (unpaired) electrons. The molecule has 1 unspecified atom stereocenters. The summed E-state index contributed by atoms with van der Waals surface area (Å²) in [5.74, 6) is 0.0909. The van der Waals surface area contributed by atoms with Gasteiger partial charge in [-0.2, -0.15) is 0 Å². The average molecular weight is 249 g/mol. The summed E-state index contributed by atoms with van der Waals surface area (Å²) in [5, 5.41) is 0. The van der Waals surface area contributed by atoms with Crippen molar-refractivity contribution in [1.82, 2.24) is 9.80 Å². The lowest BCUT2D eigenvalue weighted by atomic mass is 10.0. The maximum Gasteiger partial charge on any atom is 0.224 e. The molecule has 0 aliphatic rings. The fourth-order valence-electron chi connectivity index (χ4n) is 1.64. The highest BCUT2D eigenvalue weighted by molar-refractivity contribution is 5.76. The van der Waals surface area contributed by atoms with Gasteiger partial charge in [-0.3, -0.25) is 4.79 Å². The average Bonchev–Trinajstić information content (AvgIpc) is 2.36. The van der Waals surface area contributed by atoms with Crippen LogP contribution >= 0.6 is 0 Å². The lowest BCUT2D eigenvalue weighted by molar-refractivity contribution is -0.130. The van der Waals surface area contributed by atoms with Crippen molar-refractivity contribution in [3.63, 3.8) is 0 Å². The van der Waals surface area contributed by atoms with Crippen LogP contribution in [0.4, 0.5) is 0 Å². The number of nitrogens with zero attached hydrogens (tertiary/aromatic N) is 2. The van der Waals surface area contributed by atoms with Crippen LogP contribution in [-0.2, 0) is 4.79 Å². The Morgan fingerprint density at radius 3 is 2.33 bits per heavy atom. The predicted octanol–water partition coefficient (Wildman–Crippen LogP) is 1.10. The summed E-state index contributed by atoms with van der Waals surface area (Å²) in [7, 11) is 5.81. The maximum atomic E-state index is 12.0. The second kappa shape index (κ2) is 7.13. The highest BCUT2D eigenvalue weighted by Crippen LogP contribution is 2.14. The minimum atomic E-state index is -0.222. The summed E-state index contributed by atoms with van der Waals surface area (Å²) >= 11 is 0. The number of amides is 1. The van der Waals surface area contributed by atoms with Gasteiger partial charge in [0, 0.05) is 32.6 Å². The molecule has 0 spiro atoms. The Balaban J connectivity index is 2.44. The maximum absolute atomic E-state index is 12.0. The van der Waals surface area contributed by atoms with Crippen LogP contribution in [0.25, 0.3) is 0 Å². The van der Waals surface area contributed by atoms with Gasteiger partial charge in [-0.1, -0.05) is 30.3 Å². The Bertz CT molecular complexity index is 365. The van der Waals surface area contributed by atoms with Crippen LogP contribution in [0.3, 0.4) is 0 Å². The van der Waals surface area contributed by atoms with E-state index in [1.807, 2.05) is 51.5 Å². The third-order valence-corrected chi connectivity index (χ3v) is 2.93. The largest absolute Gasteiger partial charge is 0.344 e. The molecule has 0 saturated heterocycles. The van der Waals surface area contributed by atoms with E-state index < -0.39 is 0 Å². The number of hydrogen-bond donors (Lipinski definition) is 1. The van der Waals surface area contributed by atoms with Gasteiger partial charge in [0.15, 0.2) is 0 Å². The summed E-state index contributed by atoms with van der Waals surface area (Å²) in [4.78, 5) is 15.8. The summed E-state index contributed by atoms with van der Waals surface area (Å²) in [6, 6.07) is 9.52.